The second kappa shape index (κ2) is 7.14. The third-order valence-corrected chi connectivity index (χ3v) is 3.70. The molecule has 0 spiro atoms. The van der Waals surface area contributed by atoms with Gasteiger partial charge in [-0.25, -0.2) is 9.78 Å². The molecule has 2 aromatic heterocycles. The van der Waals surface area contributed by atoms with Gasteiger partial charge in [-0.3, -0.25) is 5.32 Å². The summed E-state index contributed by atoms with van der Waals surface area (Å²) >= 11 is 0. The van der Waals surface area contributed by atoms with E-state index in [-0.39, 0.29) is 6.03 Å². The van der Waals surface area contributed by atoms with E-state index in [0.717, 1.165) is 28.8 Å². The predicted molar refractivity (Wildman–Crippen MR) is 95.4 cm³/mol. The summed E-state index contributed by atoms with van der Waals surface area (Å²) in [6, 6.07) is 13.1. The maximum absolute atomic E-state index is 12.3. The zero-order chi connectivity index (χ0) is 16.9. The lowest BCUT2D eigenvalue weighted by atomic mass is 10.2. The van der Waals surface area contributed by atoms with Gasteiger partial charge in [0.25, 0.3) is 0 Å². The number of anilines is 2. The number of pyridine rings is 1. The number of carbonyl (C=O) groups excluding carboxylic acids is 1. The first-order valence-electron chi connectivity index (χ1n) is 7.76. The normalized spacial score (nSPS) is 10.8. The number of rotatable bonds is 5. The van der Waals surface area contributed by atoms with Crippen LogP contribution in [0.1, 0.15) is 5.69 Å². The number of amides is 2. The van der Waals surface area contributed by atoms with Crippen molar-refractivity contribution in [2.24, 2.45) is 0 Å². The molecule has 2 heterocycles. The SMILES string of the molecule is COCCn1cc(NC(=O)Nc2cccc(C)n2)c2ccccc21. The van der Waals surface area contributed by atoms with E-state index < -0.39 is 0 Å². The number of ether oxygens (including phenoxy) is 1. The Balaban J connectivity index is 1.80. The van der Waals surface area contributed by atoms with E-state index in [1.54, 1.807) is 13.2 Å². The third kappa shape index (κ3) is 3.55. The number of para-hydroxylation sites is 1. The highest BCUT2D eigenvalue weighted by Crippen LogP contribution is 2.26. The topological polar surface area (TPSA) is 68.2 Å². The maximum Gasteiger partial charge on any atom is 0.324 e. The number of nitrogens with one attached hydrogen (secondary N) is 2. The molecule has 0 radical (unpaired) electrons. The van der Waals surface area contributed by atoms with E-state index >= 15 is 0 Å². The van der Waals surface area contributed by atoms with Crippen molar-refractivity contribution in [1.29, 1.82) is 0 Å². The molecule has 0 aliphatic rings. The Morgan fingerprint density at radius 2 is 2.00 bits per heavy atom. The molecule has 0 saturated heterocycles. The van der Waals surface area contributed by atoms with Crippen LogP contribution < -0.4 is 10.6 Å². The quantitative estimate of drug-likeness (QED) is 0.753. The fraction of sp³-hybridized carbons (Fsp3) is 0.222. The van der Waals surface area contributed by atoms with Crippen molar-refractivity contribution in [3.63, 3.8) is 0 Å². The summed E-state index contributed by atoms with van der Waals surface area (Å²) in [5.74, 6) is 0.524. The Hall–Kier alpha value is -2.86. The van der Waals surface area contributed by atoms with Gasteiger partial charge in [-0.1, -0.05) is 24.3 Å². The van der Waals surface area contributed by atoms with Gasteiger partial charge in [0.1, 0.15) is 5.82 Å². The second-order valence-corrected chi connectivity index (χ2v) is 5.49. The summed E-state index contributed by atoms with van der Waals surface area (Å²) in [6.45, 7) is 3.21. The molecule has 0 bridgehead atoms. The van der Waals surface area contributed by atoms with Crippen molar-refractivity contribution in [3.05, 3.63) is 54.4 Å². The van der Waals surface area contributed by atoms with E-state index in [1.807, 2.05) is 49.5 Å². The Morgan fingerprint density at radius 3 is 2.79 bits per heavy atom. The lowest BCUT2D eigenvalue weighted by Gasteiger charge is -2.06. The number of fused-ring (bicyclic) bond motifs is 1. The van der Waals surface area contributed by atoms with Crippen molar-refractivity contribution in [2.75, 3.05) is 24.4 Å². The number of hydrogen-bond acceptors (Lipinski definition) is 3. The highest BCUT2D eigenvalue weighted by atomic mass is 16.5. The van der Waals surface area contributed by atoms with Gasteiger partial charge in [-0.2, -0.15) is 0 Å². The molecule has 3 rings (SSSR count). The molecule has 1 aromatic carbocycles. The molecule has 3 aromatic rings. The summed E-state index contributed by atoms with van der Waals surface area (Å²) in [5, 5.41) is 6.64. The molecule has 0 unspecified atom stereocenters. The lowest BCUT2D eigenvalue weighted by molar-refractivity contribution is 0.188. The standard InChI is InChI=1S/C18H20N4O2/c1-13-6-5-9-17(19-13)21-18(23)20-15-12-22(10-11-24-2)16-8-4-3-7-14(15)16/h3-9,12H,10-11H2,1-2H3,(H2,19,20,21,23). The van der Waals surface area contributed by atoms with Crippen LogP contribution in [0, 0.1) is 6.92 Å². The molecule has 6 heteroatoms. The van der Waals surface area contributed by atoms with Crippen LogP contribution in [-0.4, -0.2) is 29.3 Å². The van der Waals surface area contributed by atoms with Crippen LogP contribution in [-0.2, 0) is 11.3 Å². The summed E-state index contributed by atoms with van der Waals surface area (Å²) in [7, 11) is 1.67. The van der Waals surface area contributed by atoms with Gasteiger partial charge < -0.3 is 14.6 Å². The van der Waals surface area contributed by atoms with Crippen molar-refractivity contribution >= 4 is 28.4 Å². The first-order chi connectivity index (χ1) is 11.7. The Bertz CT molecular complexity index is 857. The molecule has 2 N–H and O–H groups in total. The number of benzene rings is 1. The van der Waals surface area contributed by atoms with Crippen LogP contribution in [0.15, 0.2) is 48.7 Å². The smallest absolute Gasteiger partial charge is 0.324 e. The first-order valence-corrected chi connectivity index (χ1v) is 7.76. The van der Waals surface area contributed by atoms with Crippen LogP contribution in [0.4, 0.5) is 16.3 Å². The fourth-order valence-corrected chi connectivity index (χ4v) is 2.60. The predicted octanol–water partition coefficient (Wildman–Crippen LogP) is 3.64. The molecule has 0 aliphatic carbocycles. The van der Waals surface area contributed by atoms with Crippen LogP contribution in [0.25, 0.3) is 10.9 Å². The van der Waals surface area contributed by atoms with Crippen LogP contribution >= 0.6 is 0 Å². The maximum atomic E-state index is 12.3. The Morgan fingerprint density at radius 1 is 1.17 bits per heavy atom. The molecule has 0 saturated carbocycles. The van der Waals surface area contributed by atoms with Gasteiger partial charge in [-0.05, 0) is 25.1 Å². The molecule has 124 valence electrons. The summed E-state index contributed by atoms with van der Waals surface area (Å²) in [6.07, 6.45) is 1.92. The molecule has 0 fully saturated rings. The number of methoxy groups -OCH3 is 1. The highest BCUT2D eigenvalue weighted by molar-refractivity contribution is 6.05. The number of aromatic nitrogens is 2. The number of aryl methyl sites for hydroxylation is 1. The molecule has 24 heavy (non-hydrogen) atoms. The monoisotopic (exact) mass is 324 g/mol. The molecular formula is C18H20N4O2. The fourth-order valence-electron chi connectivity index (χ4n) is 2.60. The van der Waals surface area contributed by atoms with E-state index in [1.165, 1.54) is 0 Å². The minimum absolute atomic E-state index is 0.317. The largest absolute Gasteiger partial charge is 0.383 e. The van der Waals surface area contributed by atoms with Crippen molar-refractivity contribution < 1.29 is 9.53 Å². The van der Waals surface area contributed by atoms with Crippen LogP contribution in [0.3, 0.4) is 0 Å². The minimum atomic E-state index is -0.317. The second-order valence-electron chi connectivity index (χ2n) is 5.49. The van der Waals surface area contributed by atoms with Crippen molar-refractivity contribution in [3.8, 4) is 0 Å². The van der Waals surface area contributed by atoms with E-state index in [4.69, 9.17) is 4.74 Å². The van der Waals surface area contributed by atoms with Gasteiger partial charge in [0, 0.05) is 30.9 Å². The average molecular weight is 324 g/mol. The van der Waals surface area contributed by atoms with Gasteiger partial charge >= 0.3 is 6.03 Å². The van der Waals surface area contributed by atoms with E-state index in [0.29, 0.717) is 12.4 Å². The molecular weight excluding hydrogens is 304 g/mol. The highest BCUT2D eigenvalue weighted by Gasteiger charge is 2.11. The van der Waals surface area contributed by atoms with E-state index in [2.05, 4.69) is 20.2 Å². The molecule has 6 nitrogen and oxygen atoms in total. The molecule has 0 aliphatic heterocycles. The van der Waals surface area contributed by atoms with Crippen molar-refractivity contribution in [2.45, 2.75) is 13.5 Å². The van der Waals surface area contributed by atoms with Gasteiger partial charge in [0.2, 0.25) is 0 Å². The summed E-state index contributed by atoms with van der Waals surface area (Å²) in [5.41, 5.74) is 2.66. The molecule has 0 atom stereocenters. The average Bonchev–Trinajstić information content (AvgIpc) is 2.91. The van der Waals surface area contributed by atoms with Crippen molar-refractivity contribution in [1.82, 2.24) is 9.55 Å². The summed E-state index contributed by atoms with van der Waals surface area (Å²) in [4.78, 5) is 16.5. The number of urea groups is 1. The number of carbonyl (C=O) groups is 1. The van der Waals surface area contributed by atoms with Crippen LogP contribution in [0.5, 0.6) is 0 Å². The first kappa shape index (κ1) is 16.0. The zero-order valence-electron chi connectivity index (χ0n) is 13.7. The van der Waals surface area contributed by atoms with E-state index in [9.17, 15) is 4.79 Å². The third-order valence-electron chi connectivity index (χ3n) is 3.70. The Labute approximate surface area is 140 Å². The Kier molecular flexibility index (Phi) is 4.77. The number of hydrogen-bond donors (Lipinski definition) is 2. The molecule has 2 amide bonds. The van der Waals surface area contributed by atoms with Crippen LogP contribution in [0.2, 0.25) is 0 Å². The zero-order valence-corrected chi connectivity index (χ0v) is 13.7. The van der Waals surface area contributed by atoms with Gasteiger partial charge in [0.05, 0.1) is 17.8 Å². The van der Waals surface area contributed by atoms with Gasteiger partial charge in [-0.15, -0.1) is 0 Å². The number of nitrogens with zero attached hydrogens (tertiary/aromatic N) is 2. The summed E-state index contributed by atoms with van der Waals surface area (Å²) < 4.78 is 7.22. The van der Waals surface area contributed by atoms with Gasteiger partial charge in [0.15, 0.2) is 0 Å². The lowest BCUT2D eigenvalue weighted by Crippen LogP contribution is -2.20. The minimum Gasteiger partial charge on any atom is -0.383 e.